The molecule has 1 unspecified atom stereocenters. The summed E-state index contributed by atoms with van der Waals surface area (Å²) in [6.07, 6.45) is 10.9. The Hall–Kier alpha value is -4.73. The Morgan fingerprint density at radius 1 is 1.11 bits per heavy atom. The molecule has 6 heterocycles. The van der Waals surface area contributed by atoms with E-state index in [1.54, 1.807) is 37.2 Å². The van der Waals surface area contributed by atoms with E-state index in [-0.39, 0.29) is 11.8 Å². The van der Waals surface area contributed by atoms with Gasteiger partial charge in [0.25, 0.3) is 0 Å². The molecular weight excluding hydrogens is 442 g/mol. The number of rotatable bonds is 5. The predicted molar refractivity (Wildman–Crippen MR) is 132 cm³/mol. The summed E-state index contributed by atoms with van der Waals surface area (Å²) >= 11 is 0. The maximum atomic E-state index is 11.8. The summed E-state index contributed by atoms with van der Waals surface area (Å²) < 4.78 is 0. The van der Waals surface area contributed by atoms with E-state index in [1.807, 2.05) is 31.2 Å². The second kappa shape index (κ2) is 8.56. The van der Waals surface area contributed by atoms with E-state index in [0.717, 1.165) is 39.2 Å². The number of hydrogen-bond donors (Lipinski definition) is 3. The normalized spacial score (nSPS) is 14.7. The summed E-state index contributed by atoms with van der Waals surface area (Å²) in [5.74, 6) is 0.685. The Bertz CT molecular complexity index is 1570. The molecule has 1 aliphatic heterocycles. The third-order valence-electron chi connectivity index (χ3n) is 6.04. The van der Waals surface area contributed by atoms with Gasteiger partial charge in [0.2, 0.25) is 5.91 Å². The van der Waals surface area contributed by atoms with Gasteiger partial charge in [0.05, 0.1) is 29.5 Å². The van der Waals surface area contributed by atoms with Crippen molar-refractivity contribution in [3.8, 4) is 22.6 Å². The zero-order valence-electron chi connectivity index (χ0n) is 18.9. The number of aromatic nitrogens is 7. The van der Waals surface area contributed by atoms with Gasteiger partial charge >= 0.3 is 0 Å². The Labute approximate surface area is 200 Å². The van der Waals surface area contributed by atoms with Crippen LogP contribution >= 0.6 is 0 Å². The van der Waals surface area contributed by atoms with Crippen molar-refractivity contribution >= 4 is 28.8 Å². The highest BCUT2D eigenvalue weighted by molar-refractivity contribution is 5.94. The fraction of sp³-hybridized carbons (Fsp3) is 0.160. The lowest BCUT2D eigenvalue weighted by atomic mass is 9.94. The van der Waals surface area contributed by atoms with Crippen molar-refractivity contribution in [1.29, 1.82) is 0 Å². The van der Waals surface area contributed by atoms with Crippen LogP contribution in [0.3, 0.4) is 0 Å². The van der Waals surface area contributed by atoms with E-state index in [0.29, 0.717) is 30.1 Å². The van der Waals surface area contributed by atoms with Crippen LogP contribution in [0.2, 0.25) is 0 Å². The molecule has 3 N–H and O–H groups in total. The van der Waals surface area contributed by atoms with Crippen LogP contribution in [-0.2, 0) is 4.79 Å². The zero-order chi connectivity index (χ0) is 23.8. The van der Waals surface area contributed by atoms with Gasteiger partial charge in [0.1, 0.15) is 11.4 Å². The van der Waals surface area contributed by atoms with Crippen LogP contribution in [-0.4, -0.2) is 53.8 Å². The average Bonchev–Trinajstić information content (AvgIpc) is 3.53. The number of amides is 1. The van der Waals surface area contributed by atoms with Crippen LogP contribution < -0.4 is 5.32 Å². The molecule has 5 aromatic heterocycles. The first-order valence-electron chi connectivity index (χ1n) is 11.3. The largest absolute Gasteiger partial charge is 0.339 e. The van der Waals surface area contributed by atoms with Crippen molar-refractivity contribution < 1.29 is 4.79 Å². The molecule has 5 aromatic rings. The van der Waals surface area contributed by atoms with Crippen LogP contribution in [0.5, 0.6) is 0 Å². The van der Waals surface area contributed by atoms with Crippen molar-refractivity contribution in [1.82, 2.24) is 35.1 Å². The minimum Gasteiger partial charge on any atom is -0.339 e. The van der Waals surface area contributed by atoms with Crippen molar-refractivity contribution in [2.24, 2.45) is 4.99 Å². The van der Waals surface area contributed by atoms with Crippen molar-refractivity contribution in [2.75, 3.05) is 11.9 Å². The lowest BCUT2D eigenvalue weighted by Crippen LogP contribution is -2.12. The van der Waals surface area contributed by atoms with Gasteiger partial charge in [0.15, 0.2) is 11.5 Å². The molecule has 1 amide bonds. The highest BCUT2D eigenvalue weighted by Crippen LogP contribution is 2.33. The standard InChI is InChI=1S/C25H21N9O/c1-2-21(35)30-17-7-15(9-27-11-17)16-8-18-23(33-34-24(18)29-10-16)25-31-20-13-28-12-19(22(20)32-25)14-3-5-26-6-4-14/h3-11,13,19H,2,12H2,1H3,(H,30,35)(H,31,32)(H,29,33,34). The first-order chi connectivity index (χ1) is 17.2. The van der Waals surface area contributed by atoms with Crippen molar-refractivity contribution in [3.63, 3.8) is 0 Å². The molecule has 1 aliphatic rings. The van der Waals surface area contributed by atoms with Gasteiger partial charge in [-0.3, -0.25) is 24.9 Å². The topological polar surface area (TPSA) is 137 Å². The molecule has 0 radical (unpaired) electrons. The highest BCUT2D eigenvalue weighted by Gasteiger charge is 2.25. The van der Waals surface area contributed by atoms with E-state index in [9.17, 15) is 4.79 Å². The van der Waals surface area contributed by atoms with E-state index < -0.39 is 0 Å². The molecule has 1 atom stereocenters. The second-order valence-corrected chi connectivity index (χ2v) is 8.27. The van der Waals surface area contributed by atoms with Gasteiger partial charge < -0.3 is 10.3 Å². The number of aromatic amines is 2. The summed E-state index contributed by atoms with van der Waals surface area (Å²) in [6, 6.07) is 7.88. The molecule has 0 bridgehead atoms. The molecule has 10 nitrogen and oxygen atoms in total. The lowest BCUT2D eigenvalue weighted by molar-refractivity contribution is -0.115. The van der Waals surface area contributed by atoms with Crippen molar-refractivity contribution in [3.05, 3.63) is 72.2 Å². The van der Waals surface area contributed by atoms with Gasteiger partial charge in [-0.1, -0.05) is 6.92 Å². The number of nitrogens with one attached hydrogen (secondary N) is 3. The molecular formula is C25H21N9O. The number of nitrogens with zero attached hydrogens (tertiary/aromatic N) is 6. The Morgan fingerprint density at radius 2 is 1.97 bits per heavy atom. The fourth-order valence-electron chi connectivity index (χ4n) is 4.24. The average molecular weight is 464 g/mol. The summed E-state index contributed by atoms with van der Waals surface area (Å²) in [4.78, 5) is 37.5. The molecule has 0 saturated heterocycles. The zero-order valence-corrected chi connectivity index (χ0v) is 18.9. The summed E-state index contributed by atoms with van der Waals surface area (Å²) in [5, 5.41) is 11.1. The molecule has 0 spiro atoms. The van der Waals surface area contributed by atoms with Crippen LogP contribution in [0.4, 0.5) is 5.69 Å². The predicted octanol–water partition coefficient (Wildman–Crippen LogP) is 3.72. The van der Waals surface area contributed by atoms with Crippen molar-refractivity contribution in [2.45, 2.75) is 19.3 Å². The van der Waals surface area contributed by atoms with E-state index in [1.165, 1.54) is 0 Å². The summed E-state index contributed by atoms with van der Waals surface area (Å²) in [7, 11) is 0. The number of H-pyrrole nitrogens is 2. The van der Waals surface area contributed by atoms with Gasteiger partial charge in [-0.25, -0.2) is 9.97 Å². The molecule has 35 heavy (non-hydrogen) atoms. The van der Waals surface area contributed by atoms with Gasteiger partial charge in [-0.05, 0) is 29.8 Å². The molecule has 6 rings (SSSR count). The highest BCUT2D eigenvalue weighted by atomic mass is 16.1. The molecule has 0 fully saturated rings. The van der Waals surface area contributed by atoms with Crippen LogP contribution in [0, 0.1) is 0 Å². The molecule has 10 heteroatoms. The van der Waals surface area contributed by atoms with Gasteiger partial charge in [-0.15, -0.1) is 0 Å². The first-order valence-corrected chi connectivity index (χ1v) is 11.3. The minimum absolute atomic E-state index is 0.0648. The first kappa shape index (κ1) is 20.8. The third-order valence-corrected chi connectivity index (χ3v) is 6.04. The molecule has 172 valence electrons. The van der Waals surface area contributed by atoms with Crippen LogP contribution in [0.25, 0.3) is 33.7 Å². The third kappa shape index (κ3) is 3.84. The number of pyridine rings is 3. The van der Waals surface area contributed by atoms with E-state index in [4.69, 9.17) is 4.98 Å². The number of anilines is 1. The SMILES string of the molecule is CCC(=O)Nc1cncc(-c2cnc3n[nH]c(-c4nc5c([nH]4)C(c4ccncc4)CN=C5)c3c2)c1. The Kier molecular flexibility index (Phi) is 5.10. The number of imidazole rings is 1. The quantitative estimate of drug-likeness (QED) is 0.363. The Balaban J connectivity index is 1.39. The lowest BCUT2D eigenvalue weighted by Gasteiger charge is -2.17. The van der Waals surface area contributed by atoms with Gasteiger partial charge in [0, 0.05) is 54.5 Å². The Morgan fingerprint density at radius 3 is 2.83 bits per heavy atom. The maximum Gasteiger partial charge on any atom is 0.224 e. The number of carbonyl (C=O) groups is 1. The smallest absolute Gasteiger partial charge is 0.224 e. The number of fused-ring (bicyclic) bond motifs is 2. The number of carbonyl (C=O) groups excluding carboxylic acids is 1. The molecule has 0 saturated carbocycles. The summed E-state index contributed by atoms with van der Waals surface area (Å²) in [6.45, 7) is 2.45. The van der Waals surface area contributed by atoms with Gasteiger partial charge in [-0.2, -0.15) is 5.10 Å². The van der Waals surface area contributed by atoms with E-state index in [2.05, 4.69) is 40.4 Å². The number of aliphatic imine (C=N–C) groups is 1. The molecule has 0 aromatic carbocycles. The monoisotopic (exact) mass is 463 g/mol. The fourth-order valence-corrected chi connectivity index (χ4v) is 4.24. The summed E-state index contributed by atoms with van der Waals surface area (Å²) in [5.41, 5.74) is 6.61. The van der Waals surface area contributed by atoms with Crippen LogP contribution in [0.1, 0.15) is 36.2 Å². The maximum absolute atomic E-state index is 11.8. The number of hydrogen-bond acceptors (Lipinski definition) is 7. The van der Waals surface area contributed by atoms with Crippen LogP contribution in [0.15, 0.2) is 60.2 Å². The van der Waals surface area contributed by atoms with E-state index >= 15 is 0 Å². The molecule has 0 aliphatic carbocycles. The minimum atomic E-state index is -0.0648. The second-order valence-electron chi connectivity index (χ2n) is 8.27.